The Morgan fingerprint density at radius 2 is 2.11 bits per heavy atom. The van der Waals surface area contributed by atoms with Crippen molar-refractivity contribution in [3.63, 3.8) is 0 Å². The lowest BCUT2D eigenvalue weighted by Gasteiger charge is -2.09. The molecule has 19 heavy (non-hydrogen) atoms. The van der Waals surface area contributed by atoms with Crippen LogP contribution in [0.4, 0.5) is 5.69 Å². The molecule has 0 unspecified atom stereocenters. The normalized spacial score (nSPS) is 10.3. The standard InChI is InChI=1S/C14H13ClN2OS/c1-9-7-10(8-16-13(9)15)17-14(18)11-5-3-4-6-12(11)19-2/h3-8H,1-2H3,(H,17,18). The van der Waals surface area contributed by atoms with Crippen LogP contribution in [-0.2, 0) is 0 Å². The van der Waals surface area contributed by atoms with Crippen LogP contribution in [0.1, 0.15) is 15.9 Å². The number of anilines is 1. The average Bonchev–Trinajstić information content (AvgIpc) is 2.43. The second-order valence-electron chi connectivity index (χ2n) is 3.99. The highest BCUT2D eigenvalue weighted by atomic mass is 35.5. The summed E-state index contributed by atoms with van der Waals surface area (Å²) in [6.07, 6.45) is 3.50. The quantitative estimate of drug-likeness (QED) is 0.686. The van der Waals surface area contributed by atoms with E-state index in [9.17, 15) is 4.79 Å². The van der Waals surface area contributed by atoms with Gasteiger partial charge in [-0.05, 0) is 36.9 Å². The van der Waals surface area contributed by atoms with Gasteiger partial charge in [0.05, 0.1) is 17.4 Å². The predicted molar refractivity (Wildman–Crippen MR) is 80.2 cm³/mol. The second kappa shape index (κ2) is 6.08. The van der Waals surface area contributed by atoms with E-state index >= 15 is 0 Å². The minimum absolute atomic E-state index is 0.145. The summed E-state index contributed by atoms with van der Waals surface area (Å²) in [5, 5.41) is 3.27. The maximum atomic E-state index is 12.2. The zero-order valence-electron chi connectivity index (χ0n) is 10.6. The number of thioether (sulfide) groups is 1. The van der Waals surface area contributed by atoms with Crippen molar-refractivity contribution < 1.29 is 4.79 Å². The van der Waals surface area contributed by atoms with E-state index in [2.05, 4.69) is 10.3 Å². The number of aromatic nitrogens is 1. The van der Waals surface area contributed by atoms with Crippen molar-refractivity contribution in [2.24, 2.45) is 0 Å². The van der Waals surface area contributed by atoms with Crippen molar-refractivity contribution >= 4 is 35.0 Å². The van der Waals surface area contributed by atoms with Crippen molar-refractivity contribution in [2.75, 3.05) is 11.6 Å². The average molecular weight is 293 g/mol. The van der Waals surface area contributed by atoms with Crippen LogP contribution in [0, 0.1) is 6.92 Å². The van der Waals surface area contributed by atoms with Gasteiger partial charge >= 0.3 is 0 Å². The van der Waals surface area contributed by atoms with Crippen molar-refractivity contribution in [1.29, 1.82) is 0 Å². The smallest absolute Gasteiger partial charge is 0.256 e. The predicted octanol–water partition coefficient (Wildman–Crippen LogP) is 4.02. The van der Waals surface area contributed by atoms with Gasteiger partial charge in [0.1, 0.15) is 5.15 Å². The van der Waals surface area contributed by atoms with Crippen molar-refractivity contribution in [3.05, 3.63) is 52.8 Å². The van der Waals surface area contributed by atoms with E-state index in [1.807, 2.05) is 31.4 Å². The van der Waals surface area contributed by atoms with E-state index < -0.39 is 0 Å². The molecule has 0 saturated heterocycles. The first kappa shape index (κ1) is 13.9. The van der Waals surface area contributed by atoms with Crippen molar-refractivity contribution in [1.82, 2.24) is 4.98 Å². The summed E-state index contributed by atoms with van der Waals surface area (Å²) in [7, 11) is 0. The van der Waals surface area contributed by atoms with Crippen molar-refractivity contribution in [3.8, 4) is 0 Å². The van der Waals surface area contributed by atoms with E-state index in [-0.39, 0.29) is 5.91 Å². The Hall–Kier alpha value is -1.52. The fourth-order valence-electron chi connectivity index (χ4n) is 1.66. The second-order valence-corrected chi connectivity index (χ2v) is 5.19. The first-order chi connectivity index (χ1) is 9.11. The number of halogens is 1. The molecule has 0 aliphatic rings. The third-order valence-electron chi connectivity index (χ3n) is 2.62. The number of aryl methyl sites for hydroxylation is 1. The number of nitrogens with zero attached hydrogens (tertiary/aromatic N) is 1. The van der Waals surface area contributed by atoms with Crippen LogP contribution in [0.15, 0.2) is 41.4 Å². The Morgan fingerprint density at radius 3 is 2.79 bits per heavy atom. The maximum absolute atomic E-state index is 12.2. The van der Waals surface area contributed by atoms with Crippen LogP contribution in [0.3, 0.4) is 0 Å². The number of rotatable bonds is 3. The first-order valence-electron chi connectivity index (χ1n) is 5.68. The molecule has 3 nitrogen and oxygen atoms in total. The van der Waals surface area contributed by atoms with Gasteiger partial charge in [-0.3, -0.25) is 4.79 Å². The molecule has 0 aliphatic carbocycles. The minimum Gasteiger partial charge on any atom is -0.321 e. The van der Waals surface area contributed by atoms with Crippen molar-refractivity contribution in [2.45, 2.75) is 11.8 Å². The molecule has 1 aromatic carbocycles. The van der Waals surface area contributed by atoms with Gasteiger partial charge in [-0.15, -0.1) is 11.8 Å². The molecule has 1 N–H and O–H groups in total. The van der Waals surface area contributed by atoms with Gasteiger partial charge in [0.2, 0.25) is 0 Å². The first-order valence-corrected chi connectivity index (χ1v) is 7.28. The van der Waals surface area contributed by atoms with E-state index in [4.69, 9.17) is 11.6 Å². The lowest BCUT2D eigenvalue weighted by Crippen LogP contribution is -2.13. The molecule has 1 amide bonds. The molecule has 0 aliphatic heterocycles. The molecule has 1 aromatic heterocycles. The number of hydrogen-bond acceptors (Lipinski definition) is 3. The maximum Gasteiger partial charge on any atom is 0.256 e. The van der Waals surface area contributed by atoms with Gasteiger partial charge in [0.25, 0.3) is 5.91 Å². The highest BCUT2D eigenvalue weighted by molar-refractivity contribution is 7.98. The van der Waals surface area contributed by atoms with Crippen LogP contribution in [0.25, 0.3) is 0 Å². The number of amides is 1. The molecule has 98 valence electrons. The summed E-state index contributed by atoms with van der Waals surface area (Å²) < 4.78 is 0. The van der Waals surface area contributed by atoms with Gasteiger partial charge in [-0.2, -0.15) is 0 Å². The molecule has 0 radical (unpaired) electrons. The largest absolute Gasteiger partial charge is 0.321 e. The monoisotopic (exact) mass is 292 g/mol. The van der Waals surface area contributed by atoms with E-state index in [0.29, 0.717) is 16.4 Å². The summed E-state index contributed by atoms with van der Waals surface area (Å²) >= 11 is 7.40. The Morgan fingerprint density at radius 1 is 1.37 bits per heavy atom. The number of benzene rings is 1. The van der Waals surface area contributed by atoms with Crippen LogP contribution < -0.4 is 5.32 Å². The Kier molecular flexibility index (Phi) is 4.45. The molecule has 5 heteroatoms. The molecule has 0 atom stereocenters. The minimum atomic E-state index is -0.145. The molecule has 1 heterocycles. The zero-order valence-corrected chi connectivity index (χ0v) is 12.2. The molecule has 2 aromatic rings. The Balaban J connectivity index is 2.23. The summed E-state index contributed by atoms with van der Waals surface area (Å²) in [4.78, 5) is 17.2. The third kappa shape index (κ3) is 3.28. The van der Waals surface area contributed by atoms with Gasteiger partial charge in [0.15, 0.2) is 0 Å². The van der Waals surface area contributed by atoms with E-state index in [1.165, 1.54) is 0 Å². The van der Waals surface area contributed by atoms with E-state index in [1.54, 1.807) is 30.1 Å². The fraction of sp³-hybridized carbons (Fsp3) is 0.143. The number of carbonyl (C=O) groups is 1. The van der Waals surface area contributed by atoms with Gasteiger partial charge in [0, 0.05) is 4.90 Å². The SMILES string of the molecule is CSc1ccccc1C(=O)Nc1cnc(Cl)c(C)c1. The summed E-state index contributed by atoms with van der Waals surface area (Å²) in [6.45, 7) is 1.85. The van der Waals surface area contributed by atoms with Crippen LogP contribution in [0.5, 0.6) is 0 Å². The molecule has 0 saturated carbocycles. The van der Waals surface area contributed by atoms with Crippen LogP contribution >= 0.6 is 23.4 Å². The molecule has 0 spiro atoms. The van der Waals surface area contributed by atoms with Gasteiger partial charge in [-0.1, -0.05) is 23.7 Å². The molecule has 0 bridgehead atoms. The number of carbonyl (C=O) groups excluding carboxylic acids is 1. The highest BCUT2D eigenvalue weighted by Gasteiger charge is 2.11. The molecular formula is C14H13ClN2OS. The number of pyridine rings is 1. The topological polar surface area (TPSA) is 42.0 Å². The van der Waals surface area contributed by atoms with Gasteiger partial charge in [-0.25, -0.2) is 4.98 Å². The summed E-state index contributed by atoms with van der Waals surface area (Å²) in [6, 6.07) is 9.29. The van der Waals surface area contributed by atoms with Gasteiger partial charge < -0.3 is 5.32 Å². The summed E-state index contributed by atoms with van der Waals surface area (Å²) in [5.41, 5.74) is 2.13. The number of nitrogens with one attached hydrogen (secondary N) is 1. The summed E-state index contributed by atoms with van der Waals surface area (Å²) in [5.74, 6) is -0.145. The highest BCUT2D eigenvalue weighted by Crippen LogP contribution is 2.22. The molecular weight excluding hydrogens is 280 g/mol. The number of hydrogen-bond donors (Lipinski definition) is 1. The molecule has 0 fully saturated rings. The van der Waals surface area contributed by atoms with E-state index in [0.717, 1.165) is 10.5 Å². The third-order valence-corrected chi connectivity index (χ3v) is 3.82. The Labute approximate surface area is 121 Å². The molecule has 2 rings (SSSR count). The lowest BCUT2D eigenvalue weighted by molar-refractivity contribution is 0.102. The lowest BCUT2D eigenvalue weighted by atomic mass is 10.2. The van der Waals surface area contributed by atoms with Crippen LogP contribution in [0.2, 0.25) is 5.15 Å². The fourth-order valence-corrected chi connectivity index (χ4v) is 2.36. The van der Waals surface area contributed by atoms with Crippen LogP contribution in [-0.4, -0.2) is 17.1 Å². The zero-order chi connectivity index (χ0) is 13.8. The Bertz CT molecular complexity index is 616.